The maximum atomic E-state index is 3.90. The molecule has 0 radical (unpaired) electrons. The van der Waals surface area contributed by atoms with Gasteiger partial charge in [0.1, 0.15) is 0 Å². The Kier molecular flexibility index (Phi) is 3.82. The lowest BCUT2D eigenvalue weighted by molar-refractivity contribution is 1.26. The minimum Gasteiger partial charge on any atom is -0.264 e. The van der Waals surface area contributed by atoms with E-state index in [1.807, 2.05) is 13.0 Å². The fraction of sp³-hybridized carbons (Fsp3) is 0.167. The van der Waals surface area contributed by atoms with Crippen LogP contribution in [0.3, 0.4) is 0 Å². The SMILES string of the molecule is Cc1ccncc1Br.Cl. The van der Waals surface area contributed by atoms with Crippen LogP contribution in [0.2, 0.25) is 0 Å². The lowest BCUT2D eigenvalue weighted by Gasteiger charge is -1.90. The van der Waals surface area contributed by atoms with Crippen molar-refractivity contribution in [2.24, 2.45) is 0 Å². The van der Waals surface area contributed by atoms with Gasteiger partial charge in [-0.15, -0.1) is 12.4 Å². The van der Waals surface area contributed by atoms with E-state index in [0.717, 1.165) is 4.47 Å². The van der Waals surface area contributed by atoms with E-state index in [4.69, 9.17) is 0 Å². The number of halogens is 2. The fourth-order valence-electron chi connectivity index (χ4n) is 0.445. The van der Waals surface area contributed by atoms with Gasteiger partial charge in [0, 0.05) is 16.9 Å². The van der Waals surface area contributed by atoms with Gasteiger partial charge in [-0.25, -0.2) is 0 Å². The van der Waals surface area contributed by atoms with Gasteiger partial charge in [0.2, 0.25) is 0 Å². The highest BCUT2D eigenvalue weighted by Gasteiger charge is 1.87. The highest BCUT2D eigenvalue weighted by atomic mass is 79.9. The molecule has 0 aliphatic rings. The first-order valence-corrected chi connectivity index (χ1v) is 3.16. The van der Waals surface area contributed by atoms with Crippen LogP contribution in [-0.4, -0.2) is 4.98 Å². The van der Waals surface area contributed by atoms with Crippen LogP contribution in [0.15, 0.2) is 22.9 Å². The Balaban J connectivity index is 0.000000640. The summed E-state index contributed by atoms with van der Waals surface area (Å²) in [5.74, 6) is 0. The van der Waals surface area contributed by atoms with Gasteiger partial charge in [0.05, 0.1) is 0 Å². The highest BCUT2D eigenvalue weighted by Crippen LogP contribution is 2.11. The maximum Gasteiger partial charge on any atom is 0.0412 e. The molecule has 0 spiro atoms. The van der Waals surface area contributed by atoms with Gasteiger partial charge in [-0.3, -0.25) is 4.98 Å². The van der Waals surface area contributed by atoms with E-state index in [-0.39, 0.29) is 12.4 Å². The van der Waals surface area contributed by atoms with Crippen molar-refractivity contribution in [2.75, 3.05) is 0 Å². The summed E-state index contributed by atoms with van der Waals surface area (Å²) in [5, 5.41) is 0. The summed E-state index contributed by atoms with van der Waals surface area (Å²) < 4.78 is 1.07. The minimum atomic E-state index is 0. The van der Waals surface area contributed by atoms with Gasteiger partial charge in [-0.05, 0) is 34.5 Å². The van der Waals surface area contributed by atoms with Gasteiger partial charge in [-0.2, -0.15) is 0 Å². The van der Waals surface area contributed by atoms with Crippen LogP contribution in [0, 0.1) is 6.92 Å². The van der Waals surface area contributed by atoms with E-state index in [0.29, 0.717) is 0 Å². The van der Waals surface area contributed by atoms with Crippen molar-refractivity contribution in [3.8, 4) is 0 Å². The van der Waals surface area contributed by atoms with Crippen LogP contribution in [0.4, 0.5) is 0 Å². The third-order valence-electron chi connectivity index (χ3n) is 0.975. The molecule has 0 aliphatic heterocycles. The molecule has 1 heterocycles. The van der Waals surface area contributed by atoms with Crippen molar-refractivity contribution in [2.45, 2.75) is 6.92 Å². The maximum absolute atomic E-state index is 3.90. The molecule has 3 heteroatoms. The number of pyridine rings is 1. The summed E-state index contributed by atoms with van der Waals surface area (Å²) in [5.41, 5.74) is 1.22. The van der Waals surface area contributed by atoms with Gasteiger partial charge >= 0.3 is 0 Å². The Bertz CT molecular complexity index is 169. The molecule has 1 nitrogen and oxygen atoms in total. The third kappa shape index (κ3) is 2.33. The third-order valence-corrected chi connectivity index (χ3v) is 1.81. The summed E-state index contributed by atoms with van der Waals surface area (Å²) in [4.78, 5) is 3.90. The molecule has 1 aromatic heterocycles. The number of nitrogens with zero attached hydrogens (tertiary/aromatic N) is 1. The first-order chi connectivity index (χ1) is 3.80. The standard InChI is InChI=1S/C6H6BrN.ClH/c1-5-2-3-8-4-6(5)7;/h2-4H,1H3;1H. The largest absolute Gasteiger partial charge is 0.264 e. The van der Waals surface area contributed by atoms with E-state index in [1.54, 1.807) is 12.4 Å². The quantitative estimate of drug-likeness (QED) is 0.639. The molecule has 0 aromatic carbocycles. The average molecular weight is 208 g/mol. The summed E-state index contributed by atoms with van der Waals surface area (Å²) in [6.07, 6.45) is 3.56. The van der Waals surface area contributed by atoms with Crippen LogP contribution in [0.5, 0.6) is 0 Å². The topological polar surface area (TPSA) is 12.9 Å². The highest BCUT2D eigenvalue weighted by molar-refractivity contribution is 9.10. The Morgan fingerprint density at radius 2 is 2.22 bits per heavy atom. The second-order valence-electron chi connectivity index (χ2n) is 1.62. The van der Waals surface area contributed by atoms with E-state index >= 15 is 0 Å². The molecule has 0 bridgehead atoms. The molecule has 1 aromatic rings. The average Bonchev–Trinajstić information content (AvgIpc) is 1.77. The van der Waals surface area contributed by atoms with Gasteiger partial charge < -0.3 is 0 Å². The molecule has 9 heavy (non-hydrogen) atoms. The summed E-state index contributed by atoms with van der Waals surface area (Å²) in [6, 6.07) is 1.96. The predicted octanol–water partition coefficient (Wildman–Crippen LogP) is 2.57. The lowest BCUT2D eigenvalue weighted by atomic mass is 10.3. The lowest BCUT2D eigenvalue weighted by Crippen LogP contribution is -1.74. The van der Waals surface area contributed by atoms with Crippen LogP contribution in [0.25, 0.3) is 0 Å². The van der Waals surface area contributed by atoms with E-state index in [2.05, 4.69) is 20.9 Å². The molecule has 0 saturated carbocycles. The number of hydrogen-bond donors (Lipinski definition) is 0. The van der Waals surface area contributed by atoms with Crippen LogP contribution >= 0.6 is 28.3 Å². The number of aromatic nitrogens is 1. The second-order valence-corrected chi connectivity index (χ2v) is 2.48. The van der Waals surface area contributed by atoms with Crippen molar-refractivity contribution in [3.05, 3.63) is 28.5 Å². The number of hydrogen-bond acceptors (Lipinski definition) is 1. The zero-order valence-corrected chi connectivity index (χ0v) is 7.37. The first-order valence-electron chi connectivity index (χ1n) is 2.37. The normalized spacial score (nSPS) is 8.22. The van der Waals surface area contributed by atoms with Crippen molar-refractivity contribution in [3.63, 3.8) is 0 Å². The molecule has 0 N–H and O–H groups in total. The van der Waals surface area contributed by atoms with E-state index < -0.39 is 0 Å². The van der Waals surface area contributed by atoms with Crippen LogP contribution in [-0.2, 0) is 0 Å². The zero-order chi connectivity index (χ0) is 5.98. The summed E-state index contributed by atoms with van der Waals surface area (Å²) in [6.45, 7) is 2.03. The Hall–Kier alpha value is -0.0800. The molecule has 1 rings (SSSR count). The summed E-state index contributed by atoms with van der Waals surface area (Å²) >= 11 is 3.33. The van der Waals surface area contributed by atoms with Gasteiger partial charge in [-0.1, -0.05) is 0 Å². The minimum absolute atomic E-state index is 0. The predicted molar refractivity (Wildman–Crippen MR) is 43.9 cm³/mol. The number of rotatable bonds is 0. The Morgan fingerprint density at radius 3 is 2.56 bits per heavy atom. The van der Waals surface area contributed by atoms with Crippen LogP contribution < -0.4 is 0 Å². The summed E-state index contributed by atoms with van der Waals surface area (Å²) in [7, 11) is 0. The zero-order valence-electron chi connectivity index (χ0n) is 4.97. The molecule has 0 saturated heterocycles. The van der Waals surface area contributed by atoms with Gasteiger partial charge in [0.25, 0.3) is 0 Å². The molecule has 0 atom stereocenters. The Labute approximate surface area is 69.0 Å². The number of aryl methyl sites for hydroxylation is 1. The van der Waals surface area contributed by atoms with Crippen molar-refractivity contribution >= 4 is 28.3 Å². The first kappa shape index (κ1) is 8.92. The molecule has 0 aliphatic carbocycles. The molecule has 0 amide bonds. The molecule has 50 valence electrons. The van der Waals surface area contributed by atoms with Gasteiger partial charge in [0.15, 0.2) is 0 Å². The van der Waals surface area contributed by atoms with Crippen LogP contribution in [0.1, 0.15) is 5.56 Å². The van der Waals surface area contributed by atoms with Crippen molar-refractivity contribution in [1.29, 1.82) is 0 Å². The second kappa shape index (κ2) is 3.85. The molecular weight excluding hydrogens is 201 g/mol. The smallest absolute Gasteiger partial charge is 0.0412 e. The molecular formula is C6H7BrClN. The fourth-order valence-corrected chi connectivity index (χ4v) is 0.695. The Morgan fingerprint density at radius 1 is 1.56 bits per heavy atom. The van der Waals surface area contributed by atoms with E-state index in [9.17, 15) is 0 Å². The van der Waals surface area contributed by atoms with Crippen molar-refractivity contribution < 1.29 is 0 Å². The molecule has 0 unspecified atom stereocenters. The monoisotopic (exact) mass is 207 g/mol. The molecule has 0 fully saturated rings. The van der Waals surface area contributed by atoms with Crippen molar-refractivity contribution in [1.82, 2.24) is 4.98 Å². The van der Waals surface area contributed by atoms with E-state index in [1.165, 1.54) is 5.56 Å².